The third kappa shape index (κ3) is 3.71. The van der Waals surface area contributed by atoms with Gasteiger partial charge in [-0.05, 0) is 35.7 Å². The first-order valence-electron chi connectivity index (χ1n) is 8.82. The molecule has 6 heteroatoms. The molecule has 6 nitrogen and oxygen atoms in total. The summed E-state index contributed by atoms with van der Waals surface area (Å²) in [5, 5.41) is 12.8. The van der Waals surface area contributed by atoms with Crippen LogP contribution in [-0.4, -0.2) is 21.6 Å². The fourth-order valence-electron chi connectivity index (χ4n) is 3.26. The van der Waals surface area contributed by atoms with Crippen LogP contribution in [-0.2, 0) is 7.05 Å². The summed E-state index contributed by atoms with van der Waals surface area (Å²) in [5.74, 6) is -0.562. The molecule has 2 amide bonds. The van der Waals surface area contributed by atoms with Gasteiger partial charge in [0.15, 0.2) is 0 Å². The van der Waals surface area contributed by atoms with Crippen molar-refractivity contribution in [2.24, 2.45) is 13.0 Å². The van der Waals surface area contributed by atoms with E-state index in [2.05, 4.69) is 5.32 Å². The molecule has 1 heterocycles. The second kappa shape index (κ2) is 7.63. The number of nitrogens with zero attached hydrogens (tertiary/aromatic N) is 1. The van der Waals surface area contributed by atoms with E-state index in [0.29, 0.717) is 11.3 Å². The fraction of sp³-hybridized carbons (Fsp3) is 0.238. The predicted octanol–water partition coefficient (Wildman–Crippen LogP) is 3.42. The number of hydroxylamine groups is 1. The normalized spacial score (nSPS) is 12.2. The summed E-state index contributed by atoms with van der Waals surface area (Å²) in [7, 11) is 1.88. The monoisotopic (exact) mass is 365 g/mol. The Morgan fingerprint density at radius 1 is 1.00 bits per heavy atom. The molecular weight excluding hydrogens is 342 g/mol. The number of para-hydroxylation sites is 1. The molecule has 0 fully saturated rings. The summed E-state index contributed by atoms with van der Waals surface area (Å²) < 4.78 is 1.89. The SMILES string of the molecule is CC(C)C(NC(=O)c1cc2ccccc2n1C)c1ccc(C(=O)NO)cc1. The van der Waals surface area contributed by atoms with Gasteiger partial charge in [-0.2, -0.15) is 0 Å². The van der Waals surface area contributed by atoms with Crippen LogP contribution in [0.3, 0.4) is 0 Å². The van der Waals surface area contributed by atoms with Crippen LogP contribution in [0.1, 0.15) is 46.3 Å². The molecule has 0 aliphatic rings. The number of nitrogens with one attached hydrogen (secondary N) is 2. The van der Waals surface area contributed by atoms with E-state index in [4.69, 9.17) is 5.21 Å². The van der Waals surface area contributed by atoms with E-state index in [1.54, 1.807) is 29.7 Å². The lowest BCUT2D eigenvalue weighted by molar-refractivity contribution is 0.0706. The van der Waals surface area contributed by atoms with E-state index in [-0.39, 0.29) is 17.9 Å². The van der Waals surface area contributed by atoms with Gasteiger partial charge in [-0.25, -0.2) is 5.48 Å². The topological polar surface area (TPSA) is 83.4 Å². The van der Waals surface area contributed by atoms with Crippen molar-refractivity contribution in [3.8, 4) is 0 Å². The zero-order valence-corrected chi connectivity index (χ0v) is 15.6. The van der Waals surface area contributed by atoms with Crippen molar-refractivity contribution in [1.29, 1.82) is 0 Å². The Morgan fingerprint density at radius 3 is 2.26 bits per heavy atom. The molecule has 1 atom stereocenters. The van der Waals surface area contributed by atoms with Crippen LogP contribution in [0.15, 0.2) is 54.6 Å². The van der Waals surface area contributed by atoms with Crippen molar-refractivity contribution in [2.45, 2.75) is 19.9 Å². The van der Waals surface area contributed by atoms with Crippen molar-refractivity contribution >= 4 is 22.7 Å². The van der Waals surface area contributed by atoms with E-state index in [9.17, 15) is 9.59 Å². The van der Waals surface area contributed by atoms with Gasteiger partial charge in [0.2, 0.25) is 0 Å². The molecule has 0 spiro atoms. The maximum Gasteiger partial charge on any atom is 0.274 e. The van der Waals surface area contributed by atoms with Gasteiger partial charge in [0.05, 0.1) is 6.04 Å². The third-order valence-corrected chi connectivity index (χ3v) is 4.77. The Bertz CT molecular complexity index is 974. The molecule has 3 rings (SSSR count). The number of hydrogen-bond acceptors (Lipinski definition) is 3. The van der Waals surface area contributed by atoms with Crippen LogP contribution in [0.2, 0.25) is 0 Å². The second-order valence-corrected chi connectivity index (χ2v) is 6.91. The van der Waals surface area contributed by atoms with E-state index >= 15 is 0 Å². The molecule has 0 saturated heterocycles. The number of aromatic nitrogens is 1. The number of fused-ring (bicyclic) bond motifs is 1. The van der Waals surface area contributed by atoms with Crippen molar-refractivity contribution in [3.63, 3.8) is 0 Å². The Morgan fingerprint density at radius 2 is 1.67 bits per heavy atom. The highest BCUT2D eigenvalue weighted by atomic mass is 16.5. The Kier molecular flexibility index (Phi) is 5.28. The number of benzene rings is 2. The van der Waals surface area contributed by atoms with Crippen LogP contribution in [0, 0.1) is 5.92 Å². The fourth-order valence-corrected chi connectivity index (χ4v) is 3.26. The number of carbonyl (C=O) groups is 2. The lowest BCUT2D eigenvalue weighted by Crippen LogP contribution is -2.32. The molecule has 27 heavy (non-hydrogen) atoms. The van der Waals surface area contributed by atoms with Crippen LogP contribution in [0.25, 0.3) is 10.9 Å². The van der Waals surface area contributed by atoms with Gasteiger partial charge in [0, 0.05) is 23.5 Å². The van der Waals surface area contributed by atoms with Crippen LogP contribution >= 0.6 is 0 Å². The molecule has 3 aromatic rings. The molecule has 3 N–H and O–H groups in total. The smallest absolute Gasteiger partial charge is 0.274 e. The van der Waals surface area contributed by atoms with Crippen molar-refractivity contribution in [1.82, 2.24) is 15.4 Å². The van der Waals surface area contributed by atoms with Crippen molar-refractivity contribution in [2.75, 3.05) is 0 Å². The van der Waals surface area contributed by atoms with Crippen LogP contribution in [0.4, 0.5) is 0 Å². The standard InChI is InChI=1S/C21H23N3O3/c1-13(2)19(14-8-10-15(11-9-14)20(25)23-27)22-21(26)18-12-16-6-4-5-7-17(16)24(18)3/h4-13,19,27H,1-3H3,(H,22,26)(H,23,25). The lowest BCUT2D eigenvalue weighted by Gasteiger charge is -2.23. The molecule has 0 saturated carbocycles. The quantitative estimate of drug-likeness (QED) is 0.478. The Labute approximate surface area is 157 Å². The van der Waals surface area contributed by atoms with Gasteiger partial charge >= 0.3 is 0 Å². The maximum absolute atomic E-state index is 12.9. The highest BCUT2D eigenvalue weighted by Crippen LogP contribution is 2.24. The Hall–Kier alpha value is -3.12. The van der Waals surface area contributed by atoms with Gasteiger partial charge in [0.1, 0.15) is 5.69 Å². The molecule has 0 radical (unpaired) electrons. The van der Waals surface area contributed by atoms with Gasteiger partial charge in [-0.15, -0.1) is 0 Å². The summed E-state index contributed by atoms with van der Waals surface area (Å²) in [4.78, 5) is 24.4. The average Bonchev–Trinajstić information content (AvgIpc) is 3.02. The largest absolute Gasteiger partial charge is 0.344 e. The number of amides is 2. The molecule has 1 unspecified atom stereocenters. The highest BCUT2D eigenvalue weighted by molar-refractivity contribution is 5.99. The summed E-state index contributed by atoms with van der Waals surface area (Å²) in [6.07, 6.45) is 0. The molecule has 0 bridgehead atoms. The second-order valence-electron chi connectivity index (χ2n) is 6.91. The molecular formula is C21H23N3O3. The minimum Gasteiger partial charge on any atom is -0.344 e. The van der Waals surface area contributed by atoms with Crippen LogP contribution < -0.4 is 10.8 Å². The van der Waals surface area contributed by atoms with Gasteiger partial charge in [0.25, 0.3) is 11.8 Å². The molecule has 1 aromatic heterocycles. The number of rotatable bonds is 5. The first kappa shape index (κ1) is 18.7. The van der Waals surface area contributed by atoms with Crippen molar-refractivity contribution < 1.29 is 14.8 Å². The third-order valence-electron chi connectivity index (χ3n) is 4.77. The van der Waals surface area contributed by atoms with Gasteiger partial charge < -0.3 is 9.88 Å². The number of aryl methyl sites for hydroxylation is 1. The first-order valence-corrected chi connectivity index (χ1v) is 8.82. The van der Waals surface area contributed by atoms with Crippen molar-refractivity contribution in [3.05, 3.63) is 71.4 Å². The van der Waals surface area contributed by atoms with E-state index in [1.165, 1.54) is 0 Å². The van der Waals surface area contributed by atoms with E-state index in [1.807, 2.05) is 55.8 Å². The average molecular weight is 365 g/mol. The minimum atomic E-state index is -0.567. The van der Waals surface area contributed by atoms with Gasteiger partial charge in [-0.3, -0.25) is 14.8 Å². The predicted molar refractivity (Wildman–Crippen MR) is 104 cm³/mol. The number of carbonyl (C=O) groups excluding carboxylic acids is 2. The first-order chi connectivity index (χ1) is 12.9. The summed E-state index contributed by atoms with van der Waals surface area (Å²) >= 11 is 0. The molecule has 2 aromatic carbocycles. The minimum absolute atomic E-state index is 0.149. The molecule has 0 aliphatic heterocycles. The van der Waals surface area contributed by atoms with Gasteiger partial charge in [-0.1, -0.05) is 44.2 Å². The van der Waals surface area contributed by atoms with Crippen LogP contribution in [0.5, 0.6) is 0 Å². The van der Waals surface area contributed by atoms with E-state index in [0.717, 1.165) is 16.5 Å². The highest BCUT2D eigenvalue weighted by Gasteiger charge is 2.21. The Balaban J connectivity index is 1.86. The zero-order valence-electron chi connectivity index (χ0n) is 15.6. The zero-order chi connectivity index (χ0) is 19.6. The summed E-state index contributed by atoms with van der Waals surface area (Å²) in [6.45, 7) is 4.06. The summed E-state index contributed by atoms with van der Waals surface area (Å²) in [6, 6.07) is 16.4. The molecule has 140 valence electrons. The maximum atomic E-state index is 12.9. The summed E-state index contributed by atoms with van der Waals surface area (Å²) in [5.41, 5.74) is 4.46. The number of hydrogen-bond donors (Lipinski definition) is 3. The van der Waals surface area contributed by atoms with E-state index < -0.39 is 5.91 Å². The lowest BCUT2D eigenvalue weighted by atomic mass is 9.95. The molecule has 0 aliphatic carbocycles.